The van der Waals surface area contributed by atoms with Gasteiger partial charge in [0.25, 0.3) is 0 Å². The van der Waals surface area contributed by atoms with Crippen LogP contribution in [0.25, 0.3) is 22.3 Å². The summed E-state index contributed by atoms with van der Waals surface area (Å²) < 4.78 is 0. The maximum Gasteiger partial charge on any atom is 0.161 e. The molecule has 0 saturated heterocycles. The van der Waals surface area contributed by atoms with Crippen molar-refractivity contribution in [2.75, 3.05) is 6.00 Å². The first-order valence-electron chi connectivity index (χ1n) is 10.3. The molecule has 3 nitrogen and oxygen atoms in total. The zero-order valence-electron chi connectivity index (χ0n) is 17.5. The molecule has 0 atom stereocenters. The summed E-state index contributed by atoms with van der Waals surface area (Å²) in [6, 6.07) is 36.7. The predicted molar refractivity (Wildman–Crippen MR) is 137 cm³/mol. The number of nitrogens with zero attached hydrogens (tertiary/aromatic N) is 3. The smallest absolute Gasteiger partial charge is 0.161 e. The summed E-state index contributed by atoms with van der Waals surface area (Å²) in [4.78, 5) is 13.4. The van der Waals surface area contributed by atoms with Crippen molar-refractivity contribution >= 4 is 30.0 Å². The van der Waals surface area contributed by atoms with E-state index in [1.165, 1.54) is 0 Å². The lowest BCUT2D eigenvalue weighted by atomic mass is 10.0. The summed E-state index contributed by atoms with van der Waals surface area (Å²) in [5.74, 6) is 1.02. The Morgan fingerprint density at radius 3 is 1.53 bits per heavy atom. The Morgan fingerprint density at radius 2 is 1.06 bits per heavy atom. The Bertz CT molecular complexity index is 1260. The van der Waals surface area contributed by atoms with E-state index in [9.17, 15) is 0 Å². The van der Waals surface area contributed by atoms with Gasteiger partial charge in [-0.1, -0.05) is 97.1 Å². The highest BCUT2D eigenvalue weighted by atomic mass is 35.5. The van der Waals surface area contributed by atoms with Gasteiger partial charge in [-0.05, 0) is 41.1 Å². The number of aliphatic imine (C=N–C) groups is 3. The largest absolute Gasteiger partial charge is 0.250 e. The van der Waals surface area contributed by atoms with E-state index in [0.29, 0.717) is 11.7 Å². The van der Waals surface area contributed by atoms with Crippen molar-refractivity contribution in [1.29, 1.82) is 0 Å². The van der Waals surface area contributed by atoms with E-state index in [0.717, 1.165) is 33.4 Å². The van der Waals surface area contributed by atoms with Crippen molar-refractivity contribution < 1.29 is 0 Å². The lowest BCUT2D eigenvalue weighted by Crippen LogP contribution is -2.05. The molecule has 0 aliphatic carbocycles. The lowest BCUT2D eigenvalue weighted by molar-refractivity contribution is 1.32. The highest BCUT2D eigenvalue weighted by molar-refractivity contribution is 6.19. The second-order valence-electron chi connectivity index (χ2n) is 7.09. The molecule has 4 aromatic carbocycles. The van der Waals surface area contributed by atoms with Gasteiger partial charge in [0, 0.05) is 11.1 Å². The van der Waals surface area contributed by atoms with Crippen molar-refractivity contribution in [2.24, 2.45) is 15.0 Å². The molecule has 0 aliphatic heterocycles. The van der Waals surface area contributed by atoms with E-state index in [2.05, 4.69) is 65.2 Å². The third-order valence-corrected chi connectivity index (χ3v) is 5.15. The maximum absolute atomic E-state index is 5.98. The number of benzene rings is 4. The van der Waals surface area contributed by atoms with Crippen LogP contribution in [0.15, 0.2) is 124 Å². The van der Waals surface area contributed by atoms with Crippen LogP contribution in [0, 0.1) is 0 Å². The van der Waals surface area contributed by atoms with E-state index >= 15 is 0 Å². The molecule has 32 heavy (non-hydrogen) atoms. The van der Waals surface area contributed by atoms with Crippen molar-refractivity contribution in [2.45, 2.75) is 0 Å². The van der Waals surface area contributed by atoms with Crippen molar-refractivity contribution in [3.05, 3.63) is 120 Å². The topological polar surface area (TPSA) is 37.1 Å². The third kappa shape index (κ3) is 5.08. The average molecular weight is 436 g/mol. The maximum atomic E-state index is 5.98. The van der Waals surface area contributed by atoms with Gasteiger partial charge in [0.2, 0.25) is 0 Å². The molecule has 4 aromatic rings. The summed E-state index contributed by atoms with van der Waals surface area (Å²) in [6.07, 6.45) is 0. The minimum Gasteiger partial charge on any atom is -0.250 e. The highest BCUT2D eigenvalue weighted by Gasteiger charge is 2.09. The lowest BCUT2D eigenvalue weighted by Gasteiger charge is -2.08. The SMILES string of the molecule is C=N/C(=N\C(=N/CCl)c1cccc(-c2ccccc2)c1)c1cccc(-c2ccccc2)c1. The van der Waals surface area contributed by atoms with Crippen LogP contribution in [0.3, 0.4) is 0 Å². The molecular weight excluding hydrogens is 414 g/mol. The van der Waals surface area contributed by atoms with Crippen LogP contribution >= 0.6 is 11.6 Å². The van der Waals surface area contributed by atoms with Gasteiger partial charge in [0.05, 0.1) is 0 Å². The Hall–Kier alpha value is -3.82. The quantitative estimate of drug-likeness (QED) is 0.139. The molecular formula is C28H22ClN3. The van der Waals surface area contributed by atoms with Crippen LogP contribution in [-0.4, -0.2) is 24.4 Å². The zero-order valence-corrected chi connectivity index (χ0v) is 18.3. The second-order valence-corrected chi connectivity index (χ2v) is 7.33. The van der Waals surface area contributed by atoms with Crippen LogP contribution in [0.2, 0.25) is 0 Å². The molecule has 0 fully saturated rings. The van der Waals surface area contributed by atoms with Crippen LogP contribution in [-0.2, 0) is 0 Å². The summed E-state index contributed by atoms with van der Waals surface area (Å²) in [5, 5.41) is 0. The summed E-state index contributed by atoms with van der Waals surface area (Å²) in [6.45, 7) is 3.74. The normalized spacial score (nSPS) is 11.9. The van der Waals surface area contributed by atoms with Gasteiger partial charge in [-0.15, -0.1) is 11.6 Å². The fourth-order valence-corrected chi connectivity index (χ4v) is 3.59. The minimum atomic E-state index is 0.100. The Kier molecular flexibility index (Phi) is 7.01. The number of amidine groups is 2. The van der Waals surface area contributed by atoms with Crippen LogP contribution in [0.1, 0.15) is 11.1 Å². The van der Waals surface area contributed by atoms with Gasteiger partial charge >= 0.3 is 0 Å². The van der Waals surface area contributed by atoms with Crippen LogP contribution in [0.4, 0.5) is 0 Å². The summed E-state index contributed by atoms with van der Waals surface area (Å²) >= 11 is 5.98. The number of rotatable bonds is 5. The molecule has 0 aliphatic rings. The Morgan fingerprint density at radius 1 is 0.594 bits per heavy atom. The van der Waals surface area contributed by atoms with E-state index < -0.39 is 0 Å². The summed E-state index contributed by atoms with van der Waals surface area (Å²) in [7, 11) is 0. The molecule has 4 heteroatoms. The zero-order chi connectivity index (χ0) is 22.2. The monoisotopic (exact) mass is 435 g/mol. The first kappa shape index (κ1) is 21.4. The van der Waals surface area contributed by atoms with Gasteiger partial charge in [-0.3, -0.25) is 0 Å². The van der Waals surface area contributed by atoms with E-state index in [1.807, 2.05) is 60.7 Å². The van der Waals surface area contributed by atoms with Gasteiger partial charge < -0.3 is 0 Å². The fourth-order valence-electron chi connectivity index (χ4n) is 3.48. The molecule has 4 rings (SSSR count). The molecule has 0 unspecified atom stereocenters. The van der Waals surface area contributed by atoms with Crippen LogP contribution < -0.4 is 0 Å². The van der Waals surface area contributed by atoms with Crippen LogP contribution in [0.5, 0.6) is 0 Å². The van der Waals surface area contributed by atoms with Gasteiger partial charge in [-0.2, -0.15) is 0 Å². The molecule has 156 valence electrons. The molecule has 0 bridgehead atoms. The van der Waals surface area contributed by atoms with Gasteiger partial charge in [-0.25, -0.2) is 15.0 Å². The third-order valence-electron chi connectivity index (χ3n) is 5.03. The van der Waals surface area contributed by atoms with E-state index in [-0.39, 0.29) is 6.00 Å². The van der Waals surface area contributed by atoms with Crippen molar-refractivity contribution in [3.63, 3.8) is 0 Å². The highest BCUT2D eigenvalue weighted by Crippen LogP contribution is 2.23. The molecule has 0 amide bonds. The second kappa shape index (κ2) is 10.5. The number of halogens is 1. The standard InChI is InChI=1S/C28H22ClN3/c1-30-27(25-16-8-14-23(18-25)21-10-4-2-5-11-21)32-28(31-20-29)26-17-9-15-24(19-26)22-12-6-3-7-13-22/h2-19H,1,20H2/b31-28-,32-27-. The summed E-state index contributed by atoms with van der Waals surface area (Å²) in [5.41, 5.74) is 6.15. The molecule has 0 saturated carbocycles. The molecule has 0 radical (unpaired) electrons. The van der Waals surface area contributed by atoms with E-state index in [1.54, 1.807) is 0 Å². The van der Waals surface area contributed by atoms with Crippen molar-refractivity contribution in [1.82, 2.24) is 0 Å². The first-order chi connectivity index (χ1) is 15.8. The average Bonchev–Trinajstić information content (AvgIpc) is 2.88. The molecule has 0 spiro atoms. The van der Waals surface area contributed by atoms with E-state index in [4.69, 9.17) is 16.6 Å². The minimum absolute atomic E-state index is 0.100. The number of hydrogen-bond acceptors (Lipinski definition) is 1. The molecule has 0 heterocycles. The van der Waals surface area contributed by atoms with Crippen molar-refractivity contribution in [3.8, 4) is 22.3 Å². The Labute approximate surface area is 193 Å². The van der Waals surface area contributed by atoms with Gasteiger partial charge in [0.15, 0.2) is 11.7 Å². The number of alkyl halides is 1. The molecule has 0 aromatic heterocycles. The number of hydrogen-bond donors (Lipinski definition) is 0. The fraction of sp³-hybridized carbons (Fsp3) is 0.0357. The predicted octanol–water partition coefficient (Wildman–Crippen LogP) is 7.11. The Balaban J connectivity index is 1.73. The first-order valence-corrected chi connectivity index (χ1v) is 10.8. The van der Waals surface area contributed by atoms with Gasteiger partial charge in [0.1, 0.15) is 6.00 Å². The molecule has 0 N–H and O–H groups in total.